The molecule has 1 aromatic heterocycles. The molecule has 0 radical (unpaired) electrons. The Bertz CT molecular complexity index is 493. The fourth-order valence-corrected chi connectivity index (χ4v) is 2.23. The van der Waals surface area contributed by atoms with E-state index in [1.165, 1.54) is 11.1 Å². The summed E-state index contributed by atoms with van der Waals surface area (Å²) in [6.07, 6.45) is 1.82. The van der Waals surface area contributed by atoms with Crippen molar-refractivity contribution >= 4 is 0 Å². The molecule has 0 aliphatic heterocycles. The molecule has 0 spiro atoms. The van der Waals surface area contributed by atoms with E-state index in [0.717, 1.165) is 5.69 Å². The van der Waals surface area contributed by atoms with Gasteiger partial charge in [0.2, 0.25) is 0 Å². The second kappa shape index (κ2) is 4.68. The Morgan fingerprint density at radius 1 is 1.12 bits per heavy atom. The van der Waals surface area contributed by atoms with Crippen molar-refractivity contribution in [1.82, 2.24) is 4.98 Å². The first kappa shape index (κ1) is 11.8. The molecule has 0 saturated carbocycles. The molecular weight excluding hydrogens is 208 g/mol. The lowest BCUT2D eigenvalue weighted by molar-refractivity contribution is 0.561. The lowest BCUT2D eigenvalue weighted by Crippen LogP contribution is -2.34. The van der Waals surface area contributed by atoms with Gasteiger partial charge in [-0.25, -0.2) is 0 Å². The molecule has 0 aliphatic carbocycles. The molecule has 0 fully saturated rings. The molecule has 2 N–H and O–H groups in total. The van der Waals surface area contributed by atoms with Gasteiger partial charge in [0, 0.05) is 18.2 Å². The van der Waals surface area contributed by atoms with Gasteiger partial charge in [0.1, 0.15) is 0 Å². The van der Waals surface area contributed by atoms with E-state index in [1.807, 2.05) is 30.5 Å². The Balaban J connectivity index is 2.56. The van der Waals surface area contributed by atoms with Crippen LogP contribution in [0.3, 0.4) is 0 Å². The number of nitrogens with zero attached hydrogens (tertiary/aromatic N) is 1. The van der Waals surface area contributed by atoms with Crippen LogP contribution in [-0.4, -0.2) is 11.5 Å². The van der Waals surface area contributed by atoms with Crippen LogP contribution in [0.4, 0.5) is 0 Å². The van der Waals surface area contributed by atoms with Crippen LogP contribution < -0.4 is 5.73 Å². The molecule has 0 amide bonds. The Labute approximate surface area is 103 Å². The van der Waals surface area contributed by atoms with Gasteiger partial charge in [0.15, 0.2) is 0 Å². The SMILES string of the molecule is Cc1ccccc1C(C)(CN)c1ccccn1. The Morgan fingerprint density at radius 3 is 2.41 bits per heavy atom. The maximum Gasteiger partial charge on any atom is 0.0519 e. The van der Waals surface area contributed by atoms with Gasteiger partial charge in [-0.15, -0.1) is 0 Å². The molecule has 2 aromatic rings. The minimum absolute atomic E-state index is 0.216. The third-order valence-corrected chi connectivity index (χ3v) is 3.38. The summed E-state index contributed by atoms with van der Waals surface area (Å²) >= 11 is 0. The Hall–Kier alpha value is -1.67. The standard InChI is InChI=1S/C15H18N2/c1-12-7-3-4-8-13(12)15(2,11-16)14-9-5-6-10-17-14/h3-10H,11,16H2,1-2H3. The lowest BCUT2D eigenvalue weighted by Gasteiger charge is -2.29. The van der Waals surface area contributed by atoms with Crippen molar-refractivity contribution in [1.29, 1.82) is 0 Å². The molecule has 2 nitrogen and oxygen atoms in total. The average molecular weight is 226 g/mol. The molecule has 17 heavy (non-hydrogen) atoms. The lowest BCUT2D eigenvalue weighted by atomic mass is 9.77. The average Bonchev–Trinajstić information content (AvgIpc) is 2.39. The molecule has 1 atom stereocenters. The zero-order chi connectivity index (χ0) is 12.3. The van der Waals surface area contributed by atoms with Crippen molar-refractivity contribution in [2.75, 3.05) is 6.54 Å². The number of hydrogen-bond donors (Lipinski definition) is 1. The minimum Gasteiger partial charge on any atom is -0.329 e. The second-order valence-electron chi connectivity index (χ2n) is 4.57. The van der Waals surface area contributed by atoms with Crippen LogP contribution in [0.15, 0.2) is 48.7 Å². The maximum absolute atomic E-state index is 6.00. The maximum atomic E-state index is 6.00. The summed E-state index contributed by atoms with van der Waals surface area (Å²) in [5.41, 5.74) is 9.32. The summed E-state index contributed by atoms with van der Waals surface area (Å²) in [5.74, 6) is 0. The number of aryl methyl sites for hydroxylation is 1. The minimum atomic E-state index is -0.216. The van der Waals surface area contributed by atoms with Crippen LogP contribution in [-0.2, 0) is 5.41 Å². The first-order chi connectivity index (χ1) is 8.18. The van der Waals surface area contributed by atoms with Crippen molar-refractivity contribution in [3.63, 3.8) is 0 Å². The van der Waals surface area contributed by atoms with Gasteiger partial charge in [0.25, 0.3) is 0 Å². The largest absolute Gasteiger partial charge is 0.329 e. The summed E-state index contributed by atoms with van der Waals surface area (Å²) in [6, 6.07) is 14.3. The van der Waals surface area contributed by atoms with Gasteiger partial charge in [-0.1, -0.05) is 30.3 Å². The van der Waals surface area contributed by atoms with Crippen LogP contribution in [0, 0.1) is 6.92 Å². The van der Waals surface area contributed by atoms with Crippen LogP contribution in [0.25, 0.3) is 0 Å². The van der Waals surface area contributed by atoms with Crippen molar-refractivity contribution in [3.05, 3.63) is 65.5 Å². The van der Waals surface area contributed by atoms with Crippen LogP contribution in [0.2, 0.25) is 0 Å². The predicted molar refractivity (Wildman–Crippen MR) is 70.9 cm³/mol. The third kappa shape index (κ3) is 2.08. The fraction of sp³-hybridized carbons (Fsp3) is 0.267. The molecule has 0 bridgehead atoms. The number of aromatic nitrogens is 1. The molecule has 1 unspecified atom stereocenters. The highest BCUT2D eigenvalue weighted by molar-refractivity contribution is 5.40. The van der Waals surface area contributed by atoms with E-state index in [4.69, 9.17) is 5.73 Å². The van der Waals surface area contributed by atoms with Crippen molar-refractivity contribution in [2.45, 2.75) is 19.3 Å². The molecule has 0 saturated heterocycles. The fourth-order valence-electron chi connectivity index (χ4n) is 2.23. The van der Waals surface area contributed by atoms with Crippen molar-refractivity contribution in [2.24, 2.45) is 5.73 Å². The zero-order valence-corrected chi connectivity index (χ0v) is 10.4. The normalized spacial score (nSPS) is 14.3. The molecule has 2 rings (SSSR count). The third-order valence-electron chi connectivity index (χ3n) is 3.38. The van der Waals surface area contributed by atoms with E-state index in [2.05, 4.69) is 37.0 Å². The van der Waals surface area contributed by atoms with Crippen LogP contribution in [0.5, 0.6) is 0 Å². The van der Waals surface area contributed by atoms with Gasteiger partial charge in [-0.3, -0.25) is 4.98 Å². The second-order valence-corrected chi connectivity index (χ2v) is 4.57. The first-order valence-electron chi connectivity index (χ1n) is 5.86. The van der Waals surface area contributed by atoms with E-state index in [0.29, 0.717) is 6.54 Å². The van der Waals surface area contributed by atoms with Gasteiger partial charge in [0.05, 0.1) is 5.69 Å². The summed E-state index contributed by atoms with van der Waals surface area (Å²) in [6.45, 7) is 4.82. The highest BCUT2D eigenvalue weighted by Crippen LogP contribution is 2.31. The van der Waals surface area contributed by atoms with E-state index < -0.39 is 0 Å². The first-order valence-corrected chi connectivity index (χ1v) is 5.86. The number of hydrogen-bond acceptors (Lipinski definition) is 2. The van der Waals surface area contributed by atoms with Crippen LogP contribution >= 0.6 is 0 Å². The smallest absolute Gasteiger partial charge is 0.0519 e. The zero-order valence-electron chi connectivity index (χ0n) is 10.4. The van der Waals surface area contributed by atoms with Gasteiger partial charge >= 0.3 is 0 Å². The van der Waals surface area contributed by atoms with Gasteiger partial charge < -0.3 is 5.73 Å². The Kier molecular flexibility index (Phi) is 3.25. The van der Waals surface area contributed by atoms with E-state index >= 15 is 0 Å². The monoisotopic (exact) mass is 226 g/mol. The topological polar surface area (TPSA) is 38.9 Å². The molecule has 1 aromatic carbocycles. The number of nitrogens with two attached hydrogens (primary N) is 1. The van der Waals surface area contributed by atoms with E-state index in [-0.39, 0.29) is 5.41 Å². The summed E-state index contributed by atoms with van der Waals surface area (Å²) in [5, 5.41) is 0. The highest BCUT2D eigenvalue weighted by Gasteiger charge is 2.29. The molecule has 0 aliphatic rings. The van der Waals surface area contributed by atoms with Crippen molar-refractivity contribution < 1.29 is 0 Å². The molecule has 1 heterocycles. The molecule has 88 valence electrons. The van der Waals surface area contributed by atoms with Crippen LogP contribution in [0.1, 0.15) is 23.7 Å². The summed E-state index contributed by atoms with van der Waals surface area (Å²) in [4.78, 5) is 4.46. The Morgan fingerprint density at radius 2 is 1.82 bits per heavy atom. The molecular formula is C15H18N2. The predicted octanol–water partition coefficient (Wildman–Crippen LogP) is 2.65. The summed E-state index contributed by atoms with van der Waals surface area (Å²) in [7, 11) is 0. The molecule has 2 heteroatoms. The van der Waals surface area contributed by atoms with Gasteiger partial charge in [-0.2, -0.15) is 0 Å². The van der Waals surface area contributed by atoms with Gasteiger partial charge in [-0.05, 0) is 37.1 Å². The number of benzene rings is 1. The summed E-state index contributed by atoms with van der Waals surface area (Å²) < 4.78 is 0. The highest BCUT2D eigenvalue weighted by atomic mass is 14.7. The number of pyridine rings is 1. The number of rotatable bonds is 3. The van der Waals surface area contributed by atoms with E-state index in [1.54, 1.807) is 0 Å². The van der Waals surface area contributed by atoms with Crippen molar-refractivity contribution in [3.8, 4) is 0 Å². The van der Waals surface area contributed by atoms with E-state index in [9.17, 15) is 0 Å². The quantitative estimate of drug-likeness (QED) is 0.873.